The average Bonchev–Trinajstić information content (AvgIpc) is 2.34. The van der Waals surface area contributed by atoms with Crippen LogP contribution in [-0.2, 0) is 4.79 Å². The summed E-state index contributed by atoms with van der Waals surface area (Å²) in [7, 11) is 0. The zero-order valence-corrected chi connectivity index (χ0v) is 10.7. The lowest BCUT2D eigenvalue weighted by Crippen LogP contribution is -2.32. The van der Waals surface area contributed by atoms with Crippen molar-refractivity contribution in [2.45, 2.75) is 25.9 Å². The Labute approximate surface area is 107 Å². The second-order valence-electron chi connectivity index (χ2n) is 4.76. The fourth-order valence-electron chi connectivity index (χ4n) is 1.81. The summed E-state index contributed by atoms with van der Waals surface area (Å²) in [6.07, 6.45) is 0. The van der Waals surface area contributed by atoms with E-state index < -0.39 is 0 Å². The molecule has 2 rings (SSSR count). The molecular weight excluding hydrogens is 230 g/mol. The van der Waals surface area contributed by atoms with Crippen LogP contribution in [0.4, 0.5) is 5.69 Å². The van der Waals surface area contributed by atoms with Gasteiger partial charge in [-0.2, -0.15) is 0 Å². The van der Waals surface area contributed by atoms with E-state index in [1.54, 1.807) is 0 Å². The van der Waals surface area contributed by atoms with Crippen LogP contribution in [0, 0.1) is 0 Å². The van der Waals surface area contributed by atoms with Crippen molar-refractivity contribution in [2.24, 2.45) is 5.73 Å². The predicted octanol–water partition coefficient (Wildman–Crippen LogP) is 1.02. The van der Waals surface area contributed by atoms with Gasteiger partial charge in [-0.25, -0.2) is 0 Å². The summed E-state index contributed by atoms with van der Waals surface area (Å²) < 4.78 is 5.30. The van der Waals surface area contributed by atoms with Crippen LogP contribution < -0.4 is 21.1 Å². The van der Waals surface area contributed by atoms with Gasteiger partial charge in [-0.3, -0.25) is 4.79 Å². The number of ether oxygens (including phenoxy) is 1. The van der Waals surface area contributed by atoms with E-state index in [0.717, 1.165) is 5.56 Å². The van der Waals surface area contributed by atoms with Crippen molar-refractivity contribution in [2.75, 3.05) is 18.5 Å². The summed E-state index contributed by atoms with van der Waals surface area (Å²) in [5.74, 6) is 0.566. The molecule has 18 heavy (non-hydrogen) atoms. The minimum absolute atomic E-state index is 0.0767. The molecule has 0 aromatic heterocycles. The maximum atomic E-state index is 11.2. The minimum atomic E-state index is -0.131. The smallest absolute Gasteiger partial charge is 0.262 e. The Hall–Kier alpha value is -1.59. The quantitative estimate of drug-likeness (QED) is 0.744. The maximum Gasteiger partial charge on any atom is 0.262 e. The number of benzene rings is 1. The Morgan fingerprint density at radius 1 is 1.50 bits per heavy atom. The minimum Gasteiger partial charge on any atom is -0.482 e. The number of rotatable bonds is 4. The molecule has 5 heteroatoms. The van der Waals surface area contributed by atoms with E-state index in [1.807, 2.05) is 18.2 Å². The first kappa shape index (κ1) is 12.9. The van der Waals surface area contributed by atoms with Crippen molar-refractivity contribution in [3.63, 3.8) is 0 Å². The number of carbonyl (C=O) groups excluding carboxylic acids is 1. The van der Waals surface area contributed by atoms with E-state index >= 15 is 0 Å². The Balaban J connectivity index is 2.10. The van der Waals surface area contributed by atoms with Crippen LogP contribution in [0.15, 0.2) is 18.2 Å². The van der Waals surface area contributed by atoms with E-state index in [-0.39, 0.29) is 18.6 Å². The van der Waals surface area contributed by atoms with Crippen molar-refractivity contribution in [3.8, 4) is 5.75 Å². The standard InChI is InChI=1S/C13H19N3O2/c1-8(2)15-6-10(14)9-3-4-12-11(5-9)16-13(17)7-18-12/h3-5,8,10,15H,6-7,14H2,1-2H3,(H,16,17). The van der Waals surface area contributed by atoms with Gasteiger partial charge in [0.05, 0.1) is 5.69 Å². The molecule has 5 nitrogen and oxygen atoms in total. The monoisotopic (exact) mass is 249 g/mol. The largest absolute Gasteiger partial charge is 0.482 e. The molecule has 1 aliphatic heterocycles. The average molecular weight is 249 g/mol. The summed E-state index contributed by atoms with van der Waals surface area (Å²) in [5, 5.41) is 6.07. The Kier molecular flexibility index (Phi) is 3.84. The SMILES string of the molecule is CC(C)NCC(N)c1ccc2c(c1)NC(=O)CO2. The third kappa shape index (κ3) is 3.00. The molecule has 4 N–H and O–H groups in total. The molecule has 1 atom stereocenters. The van der Waals surface area contributed by atoms with Crippen molar-refractivity contribution >= 4 is 11.6 Å². The number of carbonyl (C=O) groups is 1. The molecule has 0 saturated heterocycles. The zero-order chi connectivity index (χ0) is 13.1. The Bertz CT molecular complexity index is 446. The van der Waals surface area contributed by atoms with E-state index in [1.165, 1.54) is 0 Å². The van der Waals surface area contributed by atoms with Gasteiger partial charge in [-0.1, -0.05) is 19.9 Å². The normalized spacial score (nSPS) is 15.9. The van der Waals surface area contributed by atoms with Crippen LogP contribution in [0.5, 0.6) is 5.75 Å². The second-order valence-corrected chi connectivity index (χ2v) is 4.76. The Morgan fingerprint density at radius 3 is 3.00 bits per heavy atom. The van der Waals surface area contributed by atoms with Gasteiger partial charge < -0.3 is 21.1 Å². The summed E-state index contributed by atoms with van der Waals surface area (Å²) in [6.45, 7) is 4.93. The highest BCUT2D eigenvalue weighted by atomic mass is 16.5. The highest BCUT2D eigenvalue weighted by Gasteiger charge is 2.17. The molecule has 1 aromatic carbocycles. The van der Waals surface area contributed by atoms with Gasteiger partial charge in [0.15, 0.2) is 6.61 Å². The topological polar surface area (TPSA) is 76.4 Å². The fraction of sp³-hybridized carbons (Fsp3) is 0.462. The van der Waals surface area contributed by atoms with Crippen LogP contribution in [0.1, 0.15) is 25.5 Å². The molecule has 0 radical (unpaired) electrons. The molecular formula is C13H19N3O2. The van der Waals surface area contributed by atoms with Gasteiger partial charge in [0.25, 0.3) is 5.91 Å². The van der Waals surface area contributed by atoms with Crippen LogP contribution in [0.2, 0.25) is 0 Å². The molecule has 0 bridgehead atoms. The second kappa shape index (κ2) is 5.37. The highest BCUT2D eigenvalue weighted by molar-refractivity contribution is 5.95. The predicted molar refractivity (Wildman–Crippen MR) is 70.6 cm³/mol. The van der Waals surface area contributed by atoms with Crippen molar-refractivity contribution in [1.82, 2.24) is 5.32 Å². The molecule has 1 unspecified atom stereocenters. The molecule has 0 spiro atoms. The van der Waals surface area contributed by atoms with E-state index in [0.29, 0.717) is 24.0 Å². The lowest BCUT2D eigenvalue weighted by atomic mass is 10.1. The van der Waals surface area contributed by atoms with Gasteiger partial charge in [0, 0.05) is 18.6 Å². The number of nitrogens with two attached hydrogens (primary N) is 1. The van der Waals surface area contributed by atoms with Crippen molar-refractivity contribution in [1.29, 1.82) is 0 Å². The van der Waals surface area contributed by atoms with Crippen LogP contribution in [0.3, 0.4) is 0 Å². The summed E-state index contributed by atoms with van der Waals surface area (Å²) in [4.78, 5) is 11.2. The van der Waals surface area contributed by atoms with Gasteiger partial charge in [-0.15, -0.1) is 0 Å². The van der Waals surface area contributed by atoms with Gasteiger partial charge in [0.1, 0.15) is 5.75 Å². The molecule has 1 amide bonds. The van der Waals surface area contributed by atoms with Gasteiger partial charge in [0.2, 0.25) is 0 Å². The molecule has 0 fully saturated rings. The van der Waals surface area contributed by atoms with E-state index in [9.17, 15) is 4.79 Å². The van der Waals surface area contributed by atoms with Crippen LogP contribution in [0.25, 0.3) is 0 Å². The maximum absolute atomic E-state index is 11.2. The summed E-state index contributed by atoms with van der Waals surface area (Å²) in [5.41, 5.74) is 7.77. The van der Waals surface area contributed by atoms with Gasteiger partial charge in [-0.05, 0) is 17.7 Å². The van der Waals surface area contributed by atoms with Crippen molar-refractivity contribution in [3.05, 3.63) is 23.8 Å². The fourth-order valence-corrected chi connectivity index (χ4v) is 1.81. The number of amides is 1. The third-order valence-electron chi connectivity index (χ3n) is 2.81. The Morgan fingerprint density at radius 2 is 2.28 bits per heavy atom. The van der Waals surface area contributed by atoms with E-state index in [2.05, 4.69) is 24.5 Å². The molecule has 1 aliphatic rings. The molecule has 1 aromatic rings. The lowest BCUT2D eigenvalue weighted by molar-refractivity contribution is -0.118. The van der Waals surface area contributed by atoms with Crippen LogP contribution >= 0.6 is 0 Å². The molecule has 98 valence electrons. The van der Waals surface area contributed by atoms with Gasteiger partial charge >= 0.3 is 0 Å². The molecule has 1 heterocycles. The van der Waals surface area contributed by atoms with Crippen molar-refractivity contribution < 1.29 is 9.53 Å². The lowest BCUT2D eigenvalue weighted by Gasteiger charge is -2.21. The van der Waals surface area contributed by atoms with E-state index in [4.69, 9.17) is 10.5 Å². The highest BCUT2D eigenvalue weighted by Crippen LogP contribution is 2.29. The zero-order valence-electron chi connectivity index (χ0n) is 10.7. The number of nitrogens with one attached hydrogen (secondary N) is 2. The third-order valence-corrected chi connectivity index (χ3v) is 2.81. The first-order valence-corrected chi connectivity index (χ1v) is 6.12. The first-order chi connectivity index (χ1) is 8.56. The summed E-state index contributed by atoms with van der Waals surface area (Å²) >= 11 is 0. The molecule has 0 aliphatic carbocycles. The number of fused-ring (bicyclic) bond motifs is 1. The van der Waals surface area contributed by atoms with Crippen LogP contribution in [-0.4, -0.2) is 25.1 Å². The first-order valence-electron chi connectivity index (χ1n) is 6.12. The number of hydrogen-bond donors (Lipinski definition) is 3. The summed E-state index contributed by atoms with van der Waals surface area (Å²) in [6, 6.07) is 5.95. The number of hydrogen-bond acceptors (Lipinski definition) is 4. The number of anilines is 1. The molecule has 0 saturated carbocycles.